The molecule has 0 fully saturated rings. The van der Waals surface area contributed by atoms with E-state index in [0.29, 0.717) is 17.5 Å². The van der Waals surface area contributed by atoms with E-state index in [4.69, 9.17) is 28.2 Å². The Labute approximate surface area is 343 Å². The van der Waals surface area contributed by atoms with Crippen LogP contribution in [-0.2, 0) is 5.41 Å². The first kappa shape index (κ1) is 33.2. The van der Waals surface area contributed by atoms with Crippen LogP contribution >= 0.6 is 0 Å². The van der Waals surface area contributed by atoms with Crippen LogP contribution in [0.1, 0.15) is 25.0 Å². The molecule has 1 aliphatic rings. The minimum absolute atomic E-state index is 0.0552. The number of furan rings is 3. The molecule has 0 saturated carbocycles. The number of fused-ring (bicyclic) bond motifs is 12. The van der Waals surface area contributed by atoms with E-state index < -0.39 is 0 Å². The highest BCUT2D eigenvalue weighted by atomic mass is 16.3. The molecule has 282 valence electrons. The lowest BCUT2D eigenvalue weighted by Gasteiger charge is -2.21. The van der Waals surface area contributed by atoms with Crippen molar-refractivity contribution in [3.8, 4) is 56.4 Å². The highest BCUT2D eigenvalue weighted by Gasteiger charge is 2.35. The first-order valence-electron chi connectivity index (χ1n) is 20.3. The second-order valence-corrected chi connectivity index (χ2v) is 16.3. The number of benzene rings is 8. The van der Waals surface area contributed by atoms with Gasteiger partial charge in [0.25, 0.3) is 0 Å². The van der Waals surface area contributed by atoms with Crippen molar-refractivity contribution in [1.82, 2.24) is 15.0 Å². The van der Waals surface area contributed by atoms with Gasteiger partial charge in [0.1, 0.15) is 33.5 Å². The van der Waals surface area contributed by atoms with Crippen LogP contribution in [0, 0.1) is 0 Å². The zero-order valence-electron chi connectivity index (χ0n) is 32.7. The standard InChI is InChI=1S/C54H33N3O3/c1-54(2)41-16-6-3-11-33(41)39-27-30(22-25-42(39)54)31-23-26-45-40(28-31)50-38(15-10-20-47(50)59-45)53-56-51(32-21-24-35-34-12-4-7-17-43(34)60-48(35)29-32)55-52(57-53)37-14-9-19-46-49(37)36-13-5-8-18-44(36)58-46/h3-29H,1-2H3. The maximum absolute atomic E-state index is 6.56. The fourth-order valence-corrected chi connectivity index (χ4v) is 9.66. The van der Waals surface area contributed by atoms with Crippen LogP contribution in [-0.4, -0.2) is 15.0 Å². The lowest BCUT2D eigenvalue weighted by Crippen LogP contribution is -2.14. The van der Waals surface area contributed by atoms with Crippen LogP contribution in [0.5, 0.6) is 0 Å². The summed E-state index contributed by atoms with van der Waals surface area (Å²) in [6.45, 7) is 4.63. The minimum atomic E-state index is -0.0552. The highest BCUT2D eigenvalue weighted by Crippen LogP contribution is 2.50. The highest BCUT2D eigenvalue weighted by molar-refractivity contribution is 6.14. The molecular formula is C54H33N3O3. The van der Waals surface area contributed by atoms with Crippen molar-refractivity contribution in [2.45, 2.75) is 19.3 Å². The predicted octanol–water partition coefficient (Wildman–Crippen LogP) is 14.5. The molecule has 1 aliphatic carbocycles. The Morgan fingerprint density at radius 1 is 0.333 bits per heavy atom. The van der Waals surface area contributed by atoms with Crippen LogP contribution in [0.4, 0.5) is 0 Å². The Morgan fingerprint density at radius 2 is 0.850 bits per heavy atom. The lowest BCUT2D eigenvalue weighted by molar-refractivity contribution is 0.660. The summed E-state index contributed by atoms with van der Waals surface area (Å²) in [6, 6.07) is 56.7. The van der Waals surface area contributed by atoms with Gasteiger partial charge in [-0.2, -0.15) is 0 Å². The molecule has 4 aromatic heterocycles. The molecule has 0 bridgehead atoms. The number of para-hydroxylation sites is 2. The van der Waals surface area contributed by atoms with E-state index >= 15 is 0 Å². The molecule has 0 unspecified atom stereocenters. The van der Waals surface area contributed by atoms with Crippen molar-refractivity contribution in [2.24, 2.45) is 0 Å². The summed E-state index contributed by atoms with van der Waals surface area (Å²) in [5.41, 5.74) is 14.8. The van der Waals surface area contributed by atoms with Crippen LogP contribution in [0.3, 0.4) is 0 Å². The molecule has 0 radical (unpaired) electrons. The van der Waals surface area contributed by atoms with Crippen LogP contribution in [0.2, 0.25) is 0 Å². The molecule has 4 heterocycles. The SMILES string of the molecule is CC1(C)c2ccccc2-c2cc(-c3ccc4oc5cccc(-c6nc(-c7ccc8c(c7)oc7ccccc78)nc(-c7cccc8oc9ccccc9c78)n6)c5c4c3)ccc21. The number of rotatable bonds is 4. The van der Waals surface area contributed by atoms with E-state index in [1.807, 2.05) is 66.7 Å². The van der Waals surface area contributed by atoms with Crippen LogP contribution in [0.25, 0.3) is 122 Å². The molecule has 6 nitrogen and oxygen atoms in total. The van der Waals surface area contributed by atoms with Gasteiger partial charge in [-0.1, -0.05) is 123 Å². The molecule has 13 rings (SSSR count). The van der Waals surface area contributed by atoms with Crippen LogP contribution in [0.15, 0.2) is 177 Å². The molecular weight excluding hydrogens is 739 g/mol. The fourth-order valence-electron chi connectivity index (χ4n) is 9.66. The Bertz CT molecular complexity index is 3770. The molecule has 0 spiro atoms. The maximum Gasteiger partial charge on any atom is 0.164 e. The smallest absolute Gasteiger partial charge is 0.164 e. The van der Waals surface area contributed by atoms with Gasteiger partial charge in [-0.15, -0.1) is 0 Å². The molecule has 0 aliphatic heterocycles. The third kappa shape index (κ3) is 4.73. The van der Waals surface area contributed by atoms with Crippen molar-refractivity contribution in [3.63, 3.8) is 0 Å². The molecule has 12 aromatic rings. The molecule has 0 N–H and O–H groups in total. The number of aromatic nitrogens is 3. The van der Waals surface area contributed by atoms with Gasteiger partial charge in [-0.3, -0.25) is 0 Å². The van der Waals surface area contributed by atoms with E-state index in [1.54, 1.807) is 0 Å². The number of hydrogen-bond donors (Lipinski definition) is 0. The van der Waals surface area contributed by atoms with Gasteiger partial charge in [-0.05, 0) is 88.0 Å². The van der Waals surface area contributed by atoms with Crippen molar-refractivity contribution < 1.29 is 13.3 Å². The number of hydrogen-bond acceptors (Lipinski definition) is 6. The molecule has 0 atom stereocenters. The summed E-state index contributed by atoms with van der Waals surface area (Å²) in [5, 5.41) is 6.02. The van der Waals surface area contributed by atoms with E-state index in [1.165, 1.54) is 22.3 Å². The summed E-state index contributed by atoms with van der Waals surface area (Å²) in [4.78, 5) is 15.8. The van der Waals surface area contributed by atoms with Crippen molar-refractivity contribution in [2.75, 3.05) is 0 Å². The van der Waals surface area contributed by atoms with Crippen molar-refractivity contribution in [3.05, 3.63) is 175 Å². The fraction of sp³-hybridized carbons (Fsp3) is 0.0556. The van der Waals surface area contributed by atoms with E-state index in [-0.39, 0.29) is 5.41 Å². The second kappa shape index (κ2) is 12.1. The summed E-state index contributed by atoms with van der Waals surface area (Å²) >= 11 is 0. The minimum Gasteiger partial charge on any atom is -0.456 e. The normalized spacial score (nSPS) is 13.3. The second-order valence-electron chi connectivity index (χ2n) is 16.3. The topological polar surface area (TPSA) is 78.1 Å². The maximum atomic E-state index is 6.56. The predicted molar refractivity (Wildman–Crippen MR) is 241 cm³/mol. The van der Waals surface area contributed by atoms with Gasteiger partial charge in [0.2, 0.25) is 0 Å². The van der Waals surface area contributed by atoms with E-state index in [0.717, 1.165) is 93.6 Å². The average Bonchev–Trinajstić information content (AvgIpc) is 4.03. The van der Waals surface area contributed by atoms with Gasteiger partial charge in [0.15, 0.2) is 17.5 Å². The Balaban J connectivity index is 1.03. The lowest BCUT2D eigenvalue weighted by atomic mass is 9.82. The largest absolute Gasteiger partial charge is 0.456 e. The third-order valence-electron chi connectivity index (χ3n) is 12.6. The molecule has 6 heteroatoms. The molecule has 0 saturated heterocycles. The van der Waals surface area contributed by atoms with Gasteiger partial charge in [0, 0.05) is 54.4 Å². The summed E-state index contributed by atoms with van der Waals surface area (Å²) in [7, 11) is 0. The summed E-state index contributed by atoms with van der Waals surface area (Å²) < 4.78 is 19.2. The van der Waals surface area contributed by atoms with Crippen molar-refractivity contribution >= 4 is 65.8 Å². The van der Waals surface area contributed by atoms with Gasteiger partial charge in [0.05, 0.1) is 0 Å². The first-order valence-corrected chi connectivity index (χ1v) is 20.3. The Kier molecular flexibility index (Phi) is 6.69. The first-order chi connectivity index (χ1) is 29.5. The summed E-state index contributed by atoms with van der Waals surface area (Å²) in [5.74, 6) is 1.62. The summed E-state index contributed by atoms with van der Waals surface area (Å²) in [6.07, 6.45) is 0. The molecule has 8 aromatic carbocycles. The van der Waals surface area contributed by atoms with Crippen molar-refractivity contribution in [1.29, 1.82) is 0 Å². The zero-order chi connectivity index (χ0) is 39.7. The molecule has 60 heavy (non-hydrogen) atoms. The van der Waals surface area contributed by atoms with Crippen LogP contribution < -0.4 is 0 Å². The Morgan fingerprint density at radius 3 is 1.63 bits per heavy atom. The Hall–Kier alpha value is -7.83. The van der Waals surface area contributed by atoms with E-state index in [9.17, 15) is 0 Å². The number of nitrogens with zero attached hydrogens (tertiary/aromatic N) is 3. The molecule has 0 amide bonds. The zero-order valence-corrected chi connectivity index (χ0v) is 32.7. The van der Waals surface area contributed by atoms with Gasteiger partial charge >= 0.3 is 0 Å². The van der Waals surface area contributed by atoms with Gasteiger partial charge in [-0.25, -0.2) is 15.0 Å². The quantitative estimate of drug-likeness (QED) is 0.177. The van der Waals surface area contributed by atoms with Gasteiger partial charge < -0.3 is 13.3 Å². The van der Waals surface area contributed by atoms with E-state index in [2.05, 4.69) is 111 Å². The third-order valence-corrected chi connectivity index (χ3v) is 12.6. The monoisotopic (exact) mass is 771 g/mol. The average molecular weight is 772 g/mol.